The Morgan fingerprint density at radius 2 is 1.75 bits per heavy atom. The number of amides is 1. The smallest absolute Gasteiger partial charge is 0.225 e. The summed E-state index contributed by atoms with van der Waals surface area (Å²) in [5.41, 5.74) is 0.446. The van der Waals surface area contributed by atoms with Crippen molar-refractivity contribution in [1.29, 1.82) is 0 Å². The van der Waals surface area contributed by atoms with Crippen LogP contribution in [0.3, 0.4) is 0 Å². The quantitative estimate of drug-likeness (QED) is 0.775. The van der Waals surface area contributed by atoms with Crippen LogP contribution in [0.4, 0.5) is 0 Å². The monoisotopic (exact) mass is 278 g/mol. The van der Waals surface area contributed by atoms with E-state index < -0.39 is 0 Å². The van der Waals surface area contributed by atoms with Crippen LogP contribution >= 0.6 is 0 Å². The molecule has 0 unspecified atom stereocenters. The summed E-state index contributed by atoms with van der Waals surface area (Å²) in [4.78, 5) is 17.3. The highest BCUT2D eigenvalue weighted by molar-refractivity contribution is 5.80. The minimum atomic E-state index is 0.339. The lowest BCUT2D eigenvalue weighted by molar-refractivity contribution is -0.148. The summed E-state index contributed by atoms with van der Waals surface area (Å²) in [5, 5.41) is 0. The zero-order chi connectivity index (χ0) is 14.3. The van der Waals surface area contributed by atoms with Crippen molar-refractivity contribution in [2.24, 2.45) is 17.3 Å². The van der Waals surface area contributed by atoms with Crippen molar-refractivity contribution in [3.63, 3.8) is 0 Å². The van der Waals surface area contributed by atoms with E-state index in [1.165, 1.54) is 32.4 Å². The van der Waals surface area contributed by atoms with Crippen molar-refractivity contribution in [1.82, 2.24) is 9.80 Å². The van der Waals surface area contributed by atoms with E-state index in [1.807, 2.05) is 0 Å². The average Bonchev–Trinajstić information content (AvgIpc) is 2.82. The molecule has 0 atom stereocenters. The second-order valence-electron chi connectivity index (χ2n) is 7.97. The maximum atomic E-state index is 12.6. The largest absolute Gasteiger partial charge is 0.341 e. The number of rotatable bonds is 2. The molecule has 3 heteroatoms. The lowest BCUT2D eigenvalue weighted by Gasteiger charge is -2.49. The average molecular weight is 278 g/mol. The first-order valence-electron chi connectivity index (χ1n) is 8.52. The first-order chi connectivity index (χ1) is 9.49. The fraction of sp³-hybridized carbons (Fsp3) is 0.941. The summed E-state index contributed by atoms with van der Waals surface area (Å²) in [6.45, 7) is 11.4. The minimum Gasteiger partial charge on any atom is -0.341 e. The molecule has 0 radical (unpaired) electrons. The van der Waals surface area contributed by atoms with Gasteiger partial charge in [-0.1, -0.05) is 6.92 Å². The summed E-state index contributed by atoms with van der Waals surface area (Å²) < 4.78 is 0. The number of nitrogens with zero attached hydrogens (tertiary/aromatic N) is 2. The first kappa shape index (κ1) is 14.4. The van der Waals surface area contributed by atoms with Crippen LogP contribution in [0.1, 0.15) is 52.9 Å². The molecule has 2 saturated heterocycles. The molecule has 3 nitrogen and oxygen atoms in total. The molecule has 0 aromatic heterocycles. The van der Waals surface area contributed by atoms with Gasteiger partial charge in [0.2, 0.25) is 5.91 Å². The summed E-state index contributed by atoms with van der Waals surface area (Å²) in [6, 6.07) is 0.652. The number of likely N-dealkylation sites (tertiary alicyclic amines) is 2. The molecule has 3 rings (SSSR count). The molecule has 2 heterocycles. The Balaban J connectivity index is 1.49. The van der Waals surface area contributed by atoms with Gasteiger partial charge in [0.25, 0.3) is 0 Å². The van der Waals surface area contributed by atoms with E-state index >= 15 is 0 Å². The lowest BCUT2D eigenvalue weighted by Crippen LogP contribution is -2.61. The Morgan fingerprint density at radius 3 is 2.30 bits per heavy atom. The Kier molecular flexibility index (Phi) is 3.83. The van der Waals surface area contributed by atoms with Crippen molar-refractivity contribution in [2.75, 3.05) is 26.2 Å². The standard InChI is InChI=1S/C17H30N2O/c1-13(2)18-9-8-17(10-18)11-19(12-17)16(20)15-6-4-14(3)5-7-15/h13-15H,4-12H2,1-3H3. The van der Waals surface area contributed by atoms with Gasteiger partial charge in [-0.25, -0.2) is 0 Å². The van der Waals surface area contributed by atoms with Crippen LogP contribution in [0.25, 0.3) is 0 Å². The Labute approximate surface area is 123 Å². The van der Waals surface area contributed by atoms with Gasteiger partial charge in [0.15, 0.2) is 0 Å². The third-order valence-electron chi connectivity index (χ3n) is 5.93. The molecule has 114 valence electrons. The number of carbonyl (C=O) groups is 1. The van der Waals surface area contributed by atoms with Gasteiger partial charge in [-0.2, -0.15) is 0 Å². The molecular formula is C17H30N2O. The highest BCUT2D eigenvalue weighted by Crippen LogP contribution is 2.42. The second-order valence-corrected chi connectivity index (χ2v) is 7.97. The van der Waals surface area contributed by atoms with E-state index in [-0.39, 0.29) is 0 Å². The van der Waals surface area contributed by atoms with Crippen molar-refractivity contribution in [2.45, 2.75) is 58.9 Å². The minimum absolute atomic E-state index is 0.339. The van der Waals surface area contributed by atoms with Crippen molar-refractivity contribution >= 4 is 5.91 Å². The normalized spacial score (nSPS) is 33.7. The molecule has 0 aromatic carbocycles. The Bertz CT molecular complexity index is 365. The fourth-order valence-electron chi connectivity index (χ4n) is 4.35. The van der Waals surface area contributed by atoms with Crippen LogP contribution in [-0.4, -0.2) is 47.9 Å². The molecule has 20 heavy (non-hydrogen) atoms. The van der Waals surface area contributed by atoms with Crippen LogP contribution in [-0.2, 0) is 4.79 Å². The Hall–Kier alpha value is -0.570. The first-order valence-corrected chi connectivity index (χ1v) is 8.52. The van der Waals surface area contributed by atoms with Gasteiger partial charge < -0.3 is 9.80 Å². The molecule has 2 aliphatic heterocycles. The van der Waals surface area contributed by atoms with Gasteiger partial charge >= 0.3 is 0 Å². The van der Waals surface area contributed by atoms with Crippen molar-refractivity contribution in [3.05, 3.63) is 0 Å². The van der Waals surface area contributed by atoms with Crippen molar-refractivity contribution < 1.29 is 4.79 Å². The van der Waals surface area contributed by atoms with Crippen LogP contribution in [0, 0.1) is 17.3 Å². The molecule has 1 spiro atoms. The summed E-state index contributed by atoms with van der Waals surface area (Å²) in [7, 11) is 0. The summed E-state index contributed by atoms with van der Waals surface area (Å²) in [6.07, 6.45) is 6.03. The van der Waals surface area contributed by atoms with Crippen LogP contribution in [0.2, 0.25) is 0 Å². The Morgan fingerprint density at radius 1 is 1.10 bits per heavy atom. The van der Waals surface area contributed by atoms with Crippen LogP contribution in [0.5, 0.6) is 0 Å². The predicted molar refractivity (Wildman–Crippen MR) is 81.5 cm³/mol. The molecule has 3 aliphatic rings. The third kappa shape index (κ3) is 2.61. The van der Waals surface area contributed by atoms with Gasteiger partial charge in [-0.15, -0.1) is 0 Å². The SMILES string of the molecule is CC1CCC(C(=O)N2CC3(CCN(C(C)C)C3)C2)CC1. The van der Waals surface area contributed by atoms with E-state index in [1.54, 1.807) is 0 Å². The maximum Gasteiger partial charge on any atom is 0.225 e. The third-order valence-corrected chi connectivity index (χ3v) is 5.93. The molecule has 0 aromatic rings. The molecule has 1 saturated carbocycles. The van der Waals surface area contributed by atoms with Gasteiger partial charge in [-0.3, -0.25) is 4.79 Å². The van der Waals surface area contributed by atoms with Gasteiger partial charge in [-0.05, 0) is 58.4 Å². The molecule has 0 bridgehead atoms. The maximum absolute atomic E-state index is 12.6. The number of hydrogen-bond donors (Lipinski definition) is 0. The van der Waals surface area contributed by atoms with E-state index in [0.29, 0.717) is 23.3 Å². The zero-order valence-corrected chi connectivity index (χ0v) is 13.4. The highest BCUT2D eigenvalue weighted by atomic mass is 16.2. The second kappa shape index (κ2) is 5.32. The van der Waals surface area contributed by atoms with E-state index in [0.717, 1.165) is 31.8 Å². The van der Waals surface area contributed by atoms with Gasteiger partial charge in [0, 0.05) is 37.0 Å². The molecule has 3 fully saturated rings. The van der Waals surface area contributed by atoms with E-state index in [9.17, 15) is 4.79 Å². The molecular weight excluding hydrogens is 248 g/mol. The van der Waals surface area contributed by atoms with E-state index in [2.05, 4.69) is 30.6 Å². The molecule has 0 N–H and O–H groups in total. The van der Waals surface area contributed by atoms with E-state index in [4.69, 9.17) is 0 Å². The number of carbonyl (C=O) groups excluding carboxylic acids is 1. The van der Waals surface area contributed by atoms with Gasteiger partial charge in [0.1, 0.15) is 0 Å². The van der Waals surface area contributed by atoms with Crippen LogP contribution in [0.15, 0.2) is 0 Å². The zero-order valence-electron chi connectivity index (χ0n) is 13.4. The van der Waals surface area contributed by atoms with Crippen LogP contribution < -0.4 is 0 Å². The number of hydrogen-bond acceptors (Lipinski definition) is 2. The fourth-order valence-corrected chi connectivity index (χ4v) is 4.35. The highest BCUT2D eigenvalue weighted by Gasteiger charge is 2.50. The van der Waals surface area contributed by atoms with Crippen molar-refractivity contribution in [3.8, 4) is 0 Å². The molecule has 1 amide bonds. The summed E-state index contributed by atoms with van der Waals surface area (Å²) in [5.74, 6) is 1.63. The lowest BCUT2D eigenvalue weighted by atomic mass is 9.76. The topological polar surface area (TPSA) is 23.6 Å². The predicted octanol–water partition coefficient (Wildman–Crippen LogP) is 2.76. The molecule has 1 aliphatic carbocycles. The summed E-state index contributed by atoms with van der Waals surface area (Å²) >= 11 is 0. The van der Waals surface area contributed by atoms with Gasteiger partial charge in [0.05, 0.1) is 0 Å².